The van der Waals surface area contributed by atoms with Gasteiger partial charge < -0.3 is 0 Å². The number of hydrogen-bond acceptors (Lipinski definition) is 0. The van der Waals surface area contributed by atoms with Crippen LogP contribution in [0.15, 0.2) is 48.5 Å². The third kappa shape index (κ3) is 10.6. The number of hydrogen-bond donors (Lipinski definition) is 0. The summed E-state index contributed by atoms with van der Waals surface area (Å²) in [5.74, 6) is 0. The molecular formula is C24H38V. The normalized spacial score (nSPS) is 10.5. The first kappa shape index (κ1) is 26.3. The third-order valence-corrected chi connectivity index (χ3v) is 3.84. The van der Waals surface area contributed by atoms with Crippen LogP contribution >= 0.6 is 0 Å². The van der Waals surface area contributed by atoms with E-state index in [0.29, 0.717) is 0 Å². The molecular weight excluding hydrogens is 339 g/mol. The largest absolute Gasteiger partial charge is 0.0683 e. The summed E-state index contributed by atoms with van der Waals surface area (Å²) in [6.45, 7) is 21.6. The molecule has 0 aromatic heterocycles. The fourth-order valence-electron chi connectivity index (χ4n) is 2.11. The van der Waals surface area contributed by atoms with Gasteiger partial charge in [-0.2, -0.15) is 0 Å². The summed E-state index contributed by atoms with van der Waals surface area (Å²) in [5.41, 5.74) is 6.05. The predicted molar refractivity (Wildman–Crippen MR) is 111 cm³/mol. The van der Waals surface area contributed by atoms with Crippen LogP contribution in [0.5, 0.6) is 0 Å². The summed E-state index contributed by atoms with van der Waals surface area (Å²) < 4.78 is 0. The molecule has 0 saturated heterocycles. The summed E-state index contributed by atoms with van der Waals surface area (Å²) in [7, 11) is 0. The van der Waals surface area contributed by atoms with Crippen molar-refractivity contribution < 1.29 is 18.6 Å². The fourth-order valence-corrected chi connectivity index (χ4v) is 2.11. The zero-order valence-electron chi connectivity index (χ0n) is 18.1. The average Bonchev–Trinajstić information content (AvgIpc) is 2.49. The molecule has 0 fully saturated rings. The molecule has 1 radical (unpaired) electrons. The molecule has 0 heterocycles. The van der Waals surface area contributed by atoms with Crippen LogP contribution in [0.1, 0.15) is 77.6 Å². The molecule has 0 aliphatic carbocycles. The monoisotopic (exact) mass is 377 g/mol. The first-order valence-electron chi connectivity index (χ1n) is 9.14. The van der Waals surface area contributed by atoms with Gasteiger partial charge in [0.1, 0.15) is 0 Å². The second-order valence-electron chi connectivity index (χ2n) is 8.23. The van der Waals surface area contributed by atoms with Crippen molar-refractivity contribution in [3.05, 3.63) is 70.8 Å². The maximum absolute atomic E-state index is 2.23. The van der Waals surface area contributed by atoms with Crippen molar-refractivity contribution in [1.82, 2.24) is 0 Å². The predicted octanol–water partition coefficient (Wildman–Crippen LogP) is 7.61. The Morgan fingerprint density at radius 3 is 0.840 bits per heavy atom. The van der Waals surface area contributed by atoms with E-state index in [2.05, 4.69) is 104 Å². The van der Waals surface area contributed by atoms with Crippen LogP contribution < -0.4 is 0 Å². The standard InChI is InChI=1S/2C11H16.C2H6.V/c2*1-9-5-7-10(8-6-9)11(2,3)4;1-2;/h2*5-8H,1-4H3;1-2H3;. The number of benzene rings is 2. The van der Waals surface area contributed by atoms with Gasteiger partial charge in [0.25, 0.3) is 0 Å². The Bertz CT molecular complexity index is 508. The first-order valence-corrected chi connectivity index (χ1v) is 9.14. The zero-order valence-corrected chi connectivity index (χ0v) is 19.5. The molecule has 0 spiro atoms. The van der Waals surface area contributed by atoms with Gasteiger partial charge in [-0.25, -0.2) is 0 Å². The van der Waals surface area contributed by atoms with Crippen molar-refractivity contribution in [3.63, 3.8) is 0 Å². The molecule has 2 aromatic carbocycles. The Labute approximate surface area is 169 Å². The second-order valence-corrected chi connectivity index (χ2v) is 8.23. The second kappa shape index (κ2) is 11.6. The van der Waals surface area contributed by atoms with E-state index in [1.165, 1.54) is 22.3 Å². The van der Waals surface area contributed by atoms with Gasteiger partial charge in [0.2, 0.25) is 0 Å². The van der Waals surface area contributed by atoms with Crippen LogP contribution in [0.4, 0.5) is 0 Å². The Kier molecular flexibility index (Phi) is 12.2. The molecule has 0 amide bonds. The molecule has 0 unspecified atom stereocenters. The number of aryl methyl sites for hydroxylation is 2. The van der Waals surface area contributed by atoms with Gasteiger partial charge in [-0.3, -0.25) is 0 Å². The molecule has 0 saturated carbocycles. The Morgan fingerprint density at radius 2 is 0.680 bits per heavy atom. The molecule has 139 valence electrons. The Balaban J connectivity index is 0. The van der Waals surface area contributed by atoms with Crippen LogP contribution in [0, 0.1) is 13.8 Å². The minimum absolute atomic E-state index is 0. The number of rotatable bonds is 0. The summed E-state index contributed by atoms with van der Waals surface area (Å²) >= 11 is 0. The summed E-state index contributed by atoms with van der Waals surface area (Å²) in [6, 6.07) is 17.5. The molecule has 2 rings (SSSR count). The van der Waals surface area contributed by atoms with Crippen LogP contribution in [0.25, 0.3) is 0 Å². The summed E-state index contributed by atoms with van der Waals surface area (Å²) in [4.78, 5) is 0. The minimum atomic E-state index is 0. The van der Waals surface area contributed by atoms with Crippen molar-refractivity contribution in [3.8, 4) is 0 Å². The van der Waals surface area contributed by atoms with Crippen molar-refractivity contribution in [2.45, 2.75) is 80.1 Å². The fraction of sp³-hybridized carbons (Fsp3) is 0.500. The SMILES string of the molecule is CC.Cc1ccc(C(C)(C)C)cc1.Cc1ccc(C(C)(C)C)cc1.[V]. The van der Waals surface area contributed by atoms with E-state index in [1.807, 2.05) is 13.8 Å². The molecule has 0 atom stereocenters. The van der Waals surface area contributed by atoms with E-state index in [9.17, 15) is 0 Å². The van der Waals surface area contributed by atoms with Crippen molar-refractivity contribution in [2.24, 2.45) is 0 Å². The third-order valence-electron chi connectivity index (χ3n) is 3.84. The van der Waals surface area contributed by atoms with Gasteiger partial charge in [0.05, 0.1) is 0 Å². The zero-order chi connectivity index (χ0) is 19.0. The van der Waals surface area contributed by atoms with Crippen LogP contribution in [0.3, 0.4) is 0 Å². The van der Waals surface area contributed by atoms with Crippen LogP contribution in [-0.2, 0) is 29.4 Å². The molecule has 0 nitrogen and oxygen atoms in total. The first-order chi connectivity index (χ1) is 11.0. The quantitative estimate of drug-likeness (QED) is 0.443. The van der Waals surface area contributed by atoms with Gasteiger partial charge >= 0.3 is 0 Å². The van der Waals surface area contributed by atoms with Gasteiger partial charge in [-0.15, -0.1) is 0 Å². The van der Waals surface area contributed by atoms with Gasteiger partial charge in [0, 0.05) is 18.6 Å². The van der Waals surface area contributed by atoms with Gasteiger partial charge in [0.15, 0.2) is 0 Å². The van der Waals surface area contributed by atoms with Crippen molar-refractivity contribution in [1.29, 1.82) is 0 Å². The Hall–Kier alpha value is -0.976. The van der Waals surface area contributed by atoms with E-state index in [4.69, 9.17) is 0 Å². The van der Waals surface area contributed by atoms with E-state index in [-0.39, 0.29) is 29.4 Å². The van der Waals surface area contributed by atoms with Gasteiger partial charge in [-0.05, 0) is 35.8 Å². The smallest absolute Gasteiger partial charge is 0 e. The summed E-state index contributed by atoms with van der Waals surface area (Å²) in [6.07, 6.45) is 0. The van der Waals surface area contributed by atoms with Gasteiger partial charge in [-0.1, -0.05) is 115 Å². The molecule has 0 aliphatic heterocycles. The van der Waals surface area contributed by atoms with E-state index < -0.39 is 0 Å². The molecule has 0 bridgehead atoms. The summed E-state index contributed by atoms with van der Waals surface area (Å²) in [5, 5.41) is 0. The van der Waals surface area contributed by atoms with E-state index in [0.717, 1.165) is 0 Å². The molecule has 0 N–H and O–H groups in total. The van der Waals surface area contributed by atoms with Crippen LogP contribution in [0.2, 0.25) is 0 Å². The van der Waals surface area contributed by atoms with Crippen molar-refractivity contribution >= 4 is 0 Å². The minimum Gasteiger partial charge on any atom is -0.0683 e. The van der Waals surface area contributed by atoms with E-state index in [1.54, 1.807) is 0 Å². The maximum atomic E-state index is 2.23. The maximum Gasteiger partial charge on any atom is 0 e. The van der Waals surface area contributed by atoms with Crippen molar-refractivity contribution in [2.75, 3.05) is 0 Å². The molecule has 0 aliphatic rings. The van der Waals surface area contributed by atoms with E-state index >= 15 is 0 Å². The topological polar surface area (TPSA) is 0 Å². The Morgan fingerprint density at radius 1 is 0.480 bits per heavy atom. The average molecular weight is 378 g/mol. The molecule has 1 heteroatoms. The molecule has 2 aromatic rings. The van der Waals surface area contributed by atoms with Crippen LogP contribution in [-0.4, -0.2) is 0 Å². The molecule has 25 heavy (non-hydrogen) atoms.